The number of hydrogen-bond donors (Lipinski definition) is 2. The van der Waals surface area contributed by atoms with Gasteiger partial charge >= 0.3 is 0 Å². The van der Waals surface area contributed by atoms with Crippen LogP contribution in [0.3, 0.4) is 0 Å². The van der Waals surface area contributed by atoms with Crippen molar-refractivity contribution in [2.24, 2.45) is 5.73 Å². The summed E-state index contributed by atoms with van der Waals surface area (Å²) in [6, 6.07) is 0. The largest absolute Gasteiger partial charge is 0.351 e. The van der Waals surface area contributed by atoms with E-state index in [1.54, 1.807) is 18.7 Å². The second-order valence-corrected chi connectivity index (χ2v) is 0.761. The summed E-state index contributed by atoms with van der Waals surface area (Å²) in [5, 5.41) is 0. The van der Waals surface area contributed by atoms with Crippen molar-refractivity contribution in [3.63, 3.8) is 0 Å². The van der Waals surface area contributed by atoms with E-state index in [2.05, 4.69) is 15.7 Å². The van der Waals surface area contributed by atoms with E-state index < -0.39 is 0 Å². The van der Waals surface area contributed by atoms with E-state index >= 15 is 0 Å². The van der Waals surface area contributed by atoms with Crippen LogP contribution < -0.4 is 5.73 Å². The Kier molecular flexibility index (Phi) is 27.6. The highest BCUT2D eigenvalue weighted by Gasteiger charge is 1.56. The van der Waals surface area contributed by atoms with Crippen LogP contribution in [0.25, 0.3) is 0 Å². The summed E-state index contributed by atoms with van der Waals surface area (Å²) in [5.74, 6) is 0. The van der Waals surface area contributed by atoms with Crippen molar-refractivity contribution in [1.82, 2.24) is 9.97 Å². The lowest BCUT2D eigenvalue weighted by Crippen LogP contribution is -1.69. The zero-order valence-electron chi connectivity index (χ0n) is 5.07. The quantitative estimate of drug-likeness (QED) is 0.608. The third-order valence-electron chi connectivity index (χ3n) is 0.406. The second kappa shape index (κ2) is 15.7. The second-order valence-electron chi connectivity index (χ2n) is 0.761. The summed E-state index contributed by atoms with van der Waals surface area (Å²) < 4.78 is 0. The van der Waals surface area contributed by atoms with Gasteiger partial charge in [0.1, 0.15) is 0 Å². The first kappa shape index (κ1) is 15.9. The molecule has 0 unspecified atom stereocenters. The molecule has 3 nitrogen and oxygen atoms in total. The molecule has 0 aromatic carbocycles. The first-order valence-corrected chi connectivity index (χ1v) is 2.00. The molecule has 1 rings (SSSR count). The third-order valence-corrected chi connectivity index (χ3v) is 0.406. The van der Waals surface area contributed by atoms with Gasteiger partial charge in [-0.3, -0.25) is 0 Å². The number of nitrogens with one attached hydrogen (secondary N) is 1. The molecule has 0 radical (unpaired) electrons. The van der Waals surface area contributed by atoms with Crippen molar-refractivity contribution in [2.45, 2.75) is 0 Å². The van der Waals surface area contributed by atoms with E-state index in [4.69, 9.17) is 0 Å². The Bertz CT molecular complexity index is 70.3. The lowest BCUT2D eigenvalue weighted by atomic mass is 11.0. The Labute approximate surface area is 66.9 Å². The van der Waals surface area contributed by atoms with Gasteiger partial charge in [0.2, 0.25) is 0 Å². The van der Waals surface area contributed by atoms with E-state index in [1.165, 1.54) is 7.05 Å². The van der Waals surface area contributed by atoms with Crippen LogP contribution in [-0.2, 0) is 0 Å². The highest BCUT2D eigenvalue weighted by molar-refractivity contribution is 5.85. The van der Waals surface area contributed by atoms with Crippen molar-refractivity contribution in [2.75, 3.05) is 7.05 Å². The van der Waals surface area contributed by atoms with Crippen LogP contribution in [-0.4, -0.2) is 17.0 Å². The zero-order valence-corrected chi connectivity index (χ0v) is 6.71. The number of halogens is 2. The number of hydrogen-bond acceptors (Lipinski definition) is 2. The minimum atomic E-state index is 0. The van der Waals surface area contributed by atoms with E-state index in [0.717, 1.165) is 0 Å². The van der Waals surface area contributed by atoms with Gasteiger partial charge in [-0.15, -0.1) is 24.8 Å². The zero-order chi connectivity index (χ0) is 5.54. The van der Waals surface area contributed by atoms with Crippen LogP contribution in [0.2, 0.25) is 0 Å². The molecule has 1 heterocycles. The van der Waals surface area contributed by atoms with Gasteiger partial charge < -0.3 is 10.7 Å². The highest BCUT2D eigenvalue weighted by atomic mass is 35.5. The highest BCUT2D eigenvalue weighted by Crippen LogP contribution is 1.62. The molecule has 5 heteroatoms. The number of aromatic amines is 1. The molecular formula is C4H11Cl2N3. The average Bonchev–Trinajstić information content (AvgIpc) is 2.23. The van der Waals surface area contributed by atoms with Gasteiger partial charge in [0.05, 0.1) is 6.33 Å². The Morgan fingerprint density at radius 2 is 1.89 bits per heavy atom. The molecule has 0 bridgehead atoms. The fraction of sp³-hybridized carbons (Fsp3) is 0.250. The number of H-pyrrole nitrogens is 1. The first-order valence-electron chi connectivity index (χ1n) is 2.00. The number of nitrogens with two attached hydrogens (primary N) is 1. The number of rotatable bonds is 0. The molecule has 1 aromatic rings. The molecule has 0 fully saturated rings. The van der Waals surface area contributed by atoms with Gasteiger partial charge in [-0.1, -0.05) is 0 Å². The molecule has 0 aliphatic carbocycles. The van der Waals surface area contributed by atoms with E-state index in [-0.39, 0.29) is 24.8 Å². The molecule has 0 saturated carbocycles. The summed E-state index contributed by atoms with van der Waals surface area (Å²) in [7, 11) is 1.50. The molecule has 0 spiro atoms. The van der Waals surface area contributed by atoms with Crippen molar-refractivity contribution in [3.8, 4) is 0 Å². The molecule has 0 saturated heterocycles. The van der Waals surface area contributed by atoms with Gasteiger partial charge in [0.15, 0.2) is 0 Å². The van der Waals surface area contributed by atoms with Crippen molar-refractivity contribution >= 4 is 24.8 Å². The molecule has 0 amide bonds. The molecular weight excluding hydrogens is 161 g/mol. The first-order chi connectivity index (χ1) is 3.50. The fourth-order valence-corrected chi connectivity index (χ4v) is 0.215. The monoisotopic (exact) mass is 171 g/mol. The molecule has 3 N–H and O–H groups in total. The molecule has 0 aliphatic heterocycles. The summed E-state index contributed by atoms with van der Waals surface area (Å²) >= 11 is 0. The minimum Gasteiger partial charge on any atom is -0.351 e. The van der Waals surface area contributed by atoms with Gasteiger partial charge in [0.25, 0.3) is 0 Å². The Morgan fingerprint density at radius 1 is 1.33 bits per heavy atom. The average molecular weight is 172 g/mol. The lowest BCUT2D eigenvalue weighted by molar-refractivity contribution is 1.31. The van der Waals surface area contributed by atoms with E-state index in [0.29, 0.717) is 0 Å². The van der Waals surface area contributed by atoms with E-state index in [1.807, 2.05) is 0 Å². The third kappa shape index (κ3) is 11.4. The summed E-state index contributed by atoms with van der Waals surface area (Å²) in [4.78, 5) is 6.42. The predicted octanol–water partition coefficient (Wildman–Crippen LogP) is 0.828. The minimum absolute atomic E-state index is 0. The Morgan fingerprint density at radius 3 is 2.00 bits per heavy atom. The van der Waals surface area contributed by atoms with Gasteiger partial charge in [-0.05, 0) is 7.05 Å². The van der Waals surface area contributed by atoms with Crippen LogP contribution in [0, 0.1) is 0 Å². The topological polar surface area (TPSA) is 54.7 Å². The Balaban J connectivity index is -0.0000000836. The van der Waals surface area contributed by atoms with Crippen LogP contribution >= 0.6 is 24.8 Å². The Hall–Kier alpha value is -0.250. The van der Waals surface area contributed by atoms with Crippen molar-refractivity contribution < 1.29 is 0 Å². The fourth-order valence-electron chi connectivity index (χ4n) is 0.215. The molecule has 9 heavy (non-hydrogen) atoms. The molecule has 56 valence electrons. The number of nitrogens with zero attached hydrogens (tertiary/aromatic N) is 1. The maximum Gasteiger partial charge on any atom is 0.0919 e. The maximum atomic E-state index is 4.50. The van der Waals surface area contributed by atoms with Crippen molar-refractivity contribution in [1.29, 1.82) is 0 Å². The molecule has 0 atom stereocenters. The smallest absolute Gasteiger partial charge is 0.0919 e. The lowest BCUT2D eigenvalue weighted by Gasteiger charge is -1.46. The number of imidazole rings is 1. The summed E-state index contributed by atoms with van der Waals surface area (Å²) in [6.07, 6.45) is 5.08. The van der Waals surface area contributed by atoms with Crippen LogP contribution in [0.4, 0.5) is 0 Å². The van der Waals surface area contributed by atoms with Gasteiger partial charge in [-0.2, -0.15) is 0 Å². The van der Waals surface area contributed by atoms with E-state index in [9.17, 15) is 0 Å². The predicted molar refractivity (Wildman–Crippen MR) is 43.2 cm³/mol. The molecule has 0 aliphatic rings. The van der Waals surface area contributed by atoms with Crippen molar-refractivity contribution in [3.05, 3.63) is 18.7 Å². The number of aromatic nitrogens is 2. The van der Waals surface area contributed by atoms with Gasteiger partial charge in [0, 0.05) is 12.4 Å². The summed E-state index contributed by atoms with van der Waals surface area (Å²) in [5.41, 5.74) is 4.50. The van der Waals surface area contributed by atoms with Crippen LogP contribution in [0.5, 0.6) is 0 Å². The normalized spacial score (nSPS) is 5.11. The standard InChI is InChI=1S/C3H4N2.CH5N.2ClH/c1-2-5-3-4-1;1-2;;/h1-3H,(H,4,5);2H2,1H3;2*1H. The maximum absolute atomic E-state index is 4.50. The van der Waals surface area contributed by atoms with Gasteiger partial charge in [-0.25, -0.2) is 4.98 Å². The van der Waals surface area contributed by atoms with Crippen LogP contribution in [0.15, 0.2) is 18.7 Å². The molecule has 1 aromatic heterocycles. The summed E-state index contributed by atoms with van der Waals surface area (Å²) in [6.45, 7) is 0. The SMILES string of the molecule is CN.Cl.Cl.c1c[nH]cn1. The van der Waals surface area contributed by atoms with Crippen LogP contribution in [0.1, 0.15) is 0 Å².